The Balaban J connectivity index is 2.03. The van der Waals surface area contributed by atoms with Crippen molar-refractivity contribution < 1.29 is 9.18 Å². The molecule has 0 aliphatic rings. The third kappa shape index (κ3) is 2.84. The number of nitrogens with two attached hydrogens (primary N) is 1. The van der Waals surface area contributed by atoms with Crippen LogP contribution in [0.5, 0.6) is 0 Å². The molecule has 6 nitrogen and oxygen atoms in total. The largest absolute Gasteiger partial charge is 0.369 e. The highest BCUT2D eigenvalue weighted by Crippen LogP contribution is 2.21. The van der Waals surface area contributed by atoms with E-state index < -0.39 is 5.91 Å². The van der Waals surface area contributed by atoms with Crippen LogP contribution in [-0.2, 0) is 4.79 Å². The number of nitrogens with zero attached hydrogens (tertiary/aromatic N) is 4. The third-order valence-electron chi connectivity index (χ3n) is 2.68. The van der Waals surface area contributed by atoms with Crippen molar-refractivity contribution in [1.82, 2.24) is 19.8 Å². The fourth-order valence-electron chi connectivity index (χ4n) is 1.80. The number of fused-ring (bicyclic) bond motifs is 1. The van der Waals surface area contributed by atoms with Crippen molar-refractivity contribution in [3.05, 3.63) is 42.2 Å². The molecule has 0 spiro atoms. The van der Waals surface area contributed by atoms with Gasteiger partial charge in [-0.2, -0.15) is 9.61 Å². The number of aromatic nitrogens is 4. The smallest absolute Gasteiger partial charge is 0.227 e. The molecular weight excluding hydrogens is 293 g/mol. The van der Waals surface area contributed by atoms with Gasteiger partial charge in [-0.05, 0) is 24.3 Å². The van der Waals surface area contributed by atoms with E-state index in [1.54, 1.807) is 24.3 Å². The summed E-state index contributed by atoms with van der Waals surface area (Å²) in [6, 6.07) is 9.50. The van der Waals surface area contributed by atoms with Crippen molar-refractivity contribution in [2.24, 2.45) is 5.73 Å². The summed E-state index contributed by atoms with van der Waals surface area (Å²) in [4.78, 5) is 10.8. The molecule has 0 aliphatic heterocycles. The average Bonchev–Trinajstić information content (AvgIpc) is 2.88. The first-order valence-corrected chi connectivity index (χ1v) is 7.01. The molecule has 0 saturated carbocycles. The zero-order valence-electron chi connectivity index (χ0n) is 10.7. The second kappa shape index (κ2) is 5.49. The molecule has 0 fully saturated rings. The maximum Gasteiger partial charge on any atom is 0.227 e. The molecule has 0 atom stereocenters. The normalized spacial score (nSPS) is 10.9. The summed E-state index contributed by atoms with van der Waals surface area (Å²) in [7, 11) is 0. The van der Waals surface area contributed by atoms with Crippen LogP contribution in [0.15, 0.2) is 41.4 Å². The molecule has 106 valence electrons. The van der Waals surface area contributed by atoms with E-state index in [0.717, 1.165) is 0 Å². The van der Waals surface area contributed by atoms with Gasteiger partial charge < -0.3 is 5.73 Å². The summed E-state index contributed by atoms with van der Waals surface area (Å²) in [5.74, 6) is -0.207. The lowest BCUT2D eigenvalue weighted by Gasteiger charge is -2.02. The van der Waals surface area contributed by atoms with Gasteiger partial charge in [0.05, 0.1) is 5.75 Å². The maximum atomic E-state index is 13.3. The summed E-state index contributed by atoms with van der Waals surface area (Å²) in [5.41, 5.74) is 6.23. The van der Waals surface area contributed by atoms with E-state index in [-0.39, 0.29) is 11.6 Å². The van der Waals surface area contributed by atoms with Gasteiger partial charge in [-0.25, -0.2) is 4.39 Å². The highest BCUT2D eigenvalue weighted by Gasteiger charge is 2.11. The van der Waals surface area contributed by atoms with Crippen molar-refractivity contribution in [3.8, 4) is 11.4 Å². The Bertz CT molecular complexity index is 819. The molecule has 3 rings (SSSR count). The molecule has 0 saturated heterocycles. The Labute approximate surface area is 123 Å². The van der Waals surface area contributed by atoms with Gasteiger partial charge in [0.15, 0.2) is 11.5 Å². The van der Waals surface area contributed by atoms with Crippen molar-refractivity contribution in [1.29, 1.82) is 0 Å². The molecule has 2 heterocycles. The summed E-state index contributed by atoms with van der Waals surface area (Å²) >= 11 is 1.22. The lowest BCUT2D eigenvalue weighted by atomic mass is 10.2. The van der Waals surface area contributed by atoms with E-state index in [9.17, 15) is 9.18 Å². The number of hydrogen-bond acceptors (Lipinski definition) is 5. The average molecular weight is 303 g/mol. The Morgan fingerprint density at radius 3 is 2.90 bits per heavy atom. The zero-order valence-corrected chi connectivity index (χ0v) is 11.5. The van der Waals surface area contributed by atoms with Crippen LogP contribution >= 0.6 is 11.8 Å². The second-order valence-corrected chi connectivity index (χ2v) is 5.23. The Kier molecular flexibility index (Phi) is 3.53. The van der Waals surface area contributed by atoms with Gasteiger partial charge in [0, 0.05) is 5.56 Å². The van der Waals surface area contributed by atoms with Gasteiger partial charge in [-0.15, -0.1) is 10.2 Å². The van der Waals surface area contributed by atoms with Gasteiger partial charge >= 0.3 is 0 Å². The van der Waals surface area contributed by atoms with Crippen LogP contribution in [-0.4, -0.2) is 31.5 Å². The molecule has 1 aromatic carbocycles. The van der Waals surface area contributed by atoms with E-state index in [0.29, 0.717) is 22.1 Å². The number of rotatable bonds is 4. The lowest BCUT2D eigenvalue weighted by Crippen LogP contribution is -2.13. The number of thioether (sulfide) groups is 1. The fourth-order valence-corrected chi connectivity index (χ4v) is 2.40. The number of carbonyl (C=O) groups is 1. The number of primary amides is 1. The maximum absolute atomic E-state index is 13.3. The van der Waals surface area contributed by atoms with Crippen LogP contribution in [0.3, 0.4) is 0 Å². The van der Waals surface area contributed by atoms with Crippen LogP contribution in [0.4, 0.5) is 4.39 Å². The summed E-state index contributed by atoms with van der Waals surface area (Å²) in [5, 5.41) is 13.0. The highest BCUT2D eigenvalue weighted by atomic mass is 32.2. The zero-order chi connectivity index (χ0) is 14.8. The van der Waals surface area contributed by atoms with Crippen LogP contribution in [0, 0.1) is 5.82 Å². The van der Waals surface area contributed by atoms with E-state index >= 15 is 0 Å². The van der Waals surface area contributed by atoms with E-state index in [2.05, 4.69) is 15.3 Å². The quantitative estimate of drug-likeness (QED) is 0.738. The molecule has 1 amide bonds. The molecule has 0 unspecified atom stereocenters. The summed E-state index contributed by atoms with van der Waals surface area (Å²) in [6.07, 6.45) is 0. The standard InChI is InChI=1S/C13H10FN5OS/c14-9-3-1-2-8(6-9)13-17-16-11-4-5-12(18-19(11)13)21-7-10(15)20/h1-6H,7H2,(H2,15,20). The van der Waals surface area contributed by atoms with Gasteiger partial charge in [0.25, 0.3) is 0 Å². The van der Waals surface area contributed by atoms with Gasteiger partial charge in [-0.3, -0.25) is 4.79 Å². The minimum Gasteiger partial charge on any atom is -0.369 e. The molecule has 21 heavy (non-hydrogen) atoms. The number of carbonyl (C=O) groups excluding carboxylic acids is 1. The highest BCUT2D eigenvalue weighted by molar-refractivity contribution is 7.99. The SMILES string of the molecule is NC(=O)CSc1ccc2nnc(-c3cccc(F)c3)n2n1. The minimum atomic E-state index is -0.420. The van der Waals surface area contributed by atoms with Crippen molar-refractivity contribution in [3.63, 3.8) is 0 Å². The first-order chi connectivity index (χ1) is 10.1. The Hall–Kier alpha value is -2.48. The van der Waals surface area contributed by atoms with Crippen LogP contribution in [0.2, 0.25) is 0 Å². The summed E-state index contributed by atoms with van der Waals surface area (Å²) in [6.45, 7) is 0. The molecule has 2 N–H and O–H groups in total. The predicted molar refractivity (Wildman–Crippen MR) is 76.1 cm³/mol. The Morgan fingerprint density at radius 2 is 2.14 bits per heavy atom. The molecule has 0 aliphatic carbocycles. The fraction of sp³-hybridized carbons (Fsp3) is 0.0769. The molecule has 3 aromatic rings. The molecule has 0 bridgehead atoms. The monoisotopic (exact) mass is 303 g/mol. The van der Waals surface area contributed by atoms with Crippen LogP contribution in [0.1, 0.15) is 0 Å². The predicted octanol–water partition coefficient (Wildman–Crippen LogP) is 1.51. The molecule has 2 aromatic heterocycles. The number of halogens is 1. The van der Waals surface area contributed by atoms with Gasteiger partial charge in [0.2, 0.25) is 5.91 Å². The van der Waals surface area contributed by atoms with Crippen molar-refractivity contribution in [2.45, 2.75) is 5.03 Å². The van der Waals surface area contributed by atoms with Crippen LogP contribution < -0.4 is 5.73 Å². The van der Waals surface area contributed by atoms with Gasteiger partial charge in [0.1, 0.15) is 10.8 Å². The molecule has 8 heteroatoms. The van der Waals surface area contributed by atoms with E-state index in [1.165, 1.54) is 28.4 Å². The number of hydrogen-bond donors (Lipinski definition) is 1. The first kappa shape index (κ1) is 13.5. The van der Waals surface area contributed by atoms with E-state index in [4.69, 9.17) is 5.73 Å². The third-order valence-corrected chi connectivity index (χ3v) is 3.63. The topological polar surface area (TPSA) is 86.2 Å². The van der Waals surface area contributed by atoms with Crippen molar-refractivity contribution >= 4 is 23.3 Å². The second-order valence-electron chi connectivity index (χ2n) is 4.23. The minimum absolute atomic E-state index is 0.135. The van der Waals surface area contributed by atoms with Gasteiger partial charge in [-0.1, -0.05) is 23.9 Å². The summed E-state index contributed by atoms with van der Waals surface area (Å²) < 4.78 is 14.8. The van der Waals surface area contributed by atoms with E-state index in [1.807, 2.05) is 0 Å². The first-order valence-electron chi connectivity index (χ1n) is 6.03. The number of amides is 1. The molecule has 0 radical (unpaired) electrons. The van der Waals surface area contributed by atoms with Crippen molar-refractivity contribution in [2.75, 3.05) is 5.75 Å². The molecular formula is C13H10FN5OS. The Morgan fingerprint density at radius 1 is 1.29 bits per heavy atom. The number of benzene rings is 1. The van der Waals surface area contributed by atoms with Crippen LogP contribution in [0.25, 0.3) is 17.0 Å². The lowest BCUT2D eigenvalue weighted by molar-refractivity contribution is -0.115.